The first-order valence-electron chi connectivity index (χ1n) is 5.91. The summed E-state index contributed by atoms with van der Waals surface area (Å²) in [5.74, 6) is 0.198. The van der Waals surface area contributed by atoms with Crippen molar-refractivity contribution in [3.05, 3.63) is 17.5 Å². The second-order valence-electron chi connectivity index (χ2n) is 4.58. The summed E-state index contributed by atoms with van der Waals surface area (Å²) < 4.78 is 1.83. The number of carbonyl (C=O) groups excluding carboxylic acids is 1. The predicted octanol–water partition coefficient (Wildman–Crippen LogP) is 1.68. The largest absolute Gasteiger partial charge is 0.341 e. The van der Waals surface area contributed by atoms with Gasteiger partial charge in [0.1, 0.15) is 6.04 Å². The van der Waals surface area contributed by atoms with Gasteiger partial charge in [-0.25, -0.2) is 0 Å². The molecule has 1 fully saturated rings. The molecule has 16 heavy (non-hydrogen) atoms. The number of aromatic nitrogens is 2. The maximum absolute atomic E-state index is 12.2. The SMILES string of the molecule is Cc1cc(C)n(C(C)C(=O)N2CCCC2)n1. The molecular weight excluding hydrogens is 202 g/mol. The van der Waals surface area contributed by atoms with Gasteiger partial charge in [-0.3, -0.25) is 9.48 Å². The van der Waals surface area contributed by atoms with E-state index < -0.39 is 0 Å². The molecule has 1 amide bonds. The number of nitrogens with zero attached hydrogens (tertiary/aromatic N) is 3. The van der Waals surface area contributed by atoms with Crippen molar-refractivity contribution in [2.75, 3.05) is 13.1 Å². The standard InChI is InChI=1S/C12H19N3O/c1-9-8-10(2)15(13-9)11(3)12(16)14-6-4-5-7-14/h8,11H,4-7H2,1-3H3. The van der Waals surface area contributed by atoms with Crippen LogP contribution < -0.4 is 0 Å². The smallest absolute Gasteiger partial charge is 0.247 e. The average molecular weight is 221 g/mol. The molecule has 1 unspecified atom stereocenters. The molecule has 4 nitrogen and oxygen atoms in total. The van der Waals surface area contributed by atoms with E-state index >= 15 is 0 Å². The normalized spacial score (nSPS) is 17.8. The minimum Gasteiger partial charge on any atom is -0.341 e. The maximum Gasteiger partial charge on any atom is 0.247 e. The lowest BCUT2D eigenvalue weighted by atomic mass is 10.3. The molecule has 1 aliphatic rings. The number of hydrogen-bond donors (Lipinski definition) is 0. The number of rotatable bonds is 2. The third kappa shape index (κ3) is 1.96. The molecule has 0 saturated carbocycles. The lowest BCUT2D eigenvalue weighted by molar-refractivity contribution is -0.133. The zero-order chi connectivity index (χ0) is 11.7. The van der Waals surface area contributed by atoms with Crippen molar-refractivity contribution in [2.24, 2.45) is 0 Å². The van der Waals surface area contributed by atoms with Gasteiger partial charge in [0.05, 0.1) is 5.69 Å². The van der Waals surface area contributed by atoms with Gasteiger partial charge in [-0.1, -0.05) is 0 Å². The lowest BCUT2D eigenvalue weighted by Gasteiger charge is -2.21. The van der Waals surface area contributed by atoms with E-state index in [0.29, 0.717) is 0 Å². The molecular formula is C12H19N3O. The van der Waals surface area contributed by atoms with Crippen LogP contribution in [0.1, 0.15) is 37.2 Å². The second-order valence-corrected chi connectivity index (χ2v) is 4.58. The van der Waals surface area contributed by atoms with E-state index in [1.807, 2.05) is 36.4 Å². The first-order chi connectivity index (χ1) is 7.59. The van der Waals surface area contributed by atoms with Crippen LogP contribution in [0.3, 0.4) is 0 Å². The van der Waals surface area contributed by atoms with Crippen LogP contribution in [0.4, 0.5) is 0 Å². The van der Waals surface area contributed by atoms with Gasteiger partial charge in [-0.05, 0) is 39.7 Å². The summed E-state index contributed by atoms with van der Waals surface area (Å²) in [6.07, 6.45) is 2.27. The number of hydrogen-bond acceptors (Lipinski definition) is 2. The van der Waals surface area contributed by atoms with Gasteiger partial charge in [0, 0.05) is 18.8 Å². The molecule has 1 atom stereocenters. The molecule has 0 spiro atoms. The Kier molecular flexibility index (Phi) is 2.99. The summed E-state index contributed by atoms with van der Waals surface area (Å²) in [6, 6.07) is 1.83. The fraction of sp³-hybridized carbons (Fsp3) is 0.667. The first kappa shape index (κ1) is 11.2. The van der Waals surface area contributed by atoms with Gasteiger partial charge in [0.2, 0.25) is 5.91 Å². The van der Waals surface area contributed by atoms with E-state index in [0.717, 1.165) is 37.3 Å². The number of carbonyl (C=O) groups is 1. The Morgan fingerprint density at radius 1 is 1.38 bits per heavy atom. The molecule has 0 radical (unpaired) electrons. The monoisotopic (exact) mass is 221 g/mol. The van der Waals surface area contributed by atoms with Crippen LogP contribution in [0, 0.1) is 13.8 Å². The summed E-state index contributed by atoms with van der Waals surface area (Å²) in [6.45, 7) is 7.69. The van der Waals surface area contributed by atoms with Crippen molar-refractivity contribution in [3.8, 4) is 0 Å². The van der Waals surface area contributed by atoms with Gasteiger partial charge in [0.25, 0.3) is 0 Å². The molecule has 4 heteroatoms. The summed E-state index contributed by atoms with van der Waals surface area (Å²) in [7, 11) is 0. The molecule has 0 aliphatic carbocycles. The van der Waals surface area contributed by atoms with Crippen molar-refractivity contribution in [2.45, 2.75) is 39.7 Å². The summed E-state index contributed by atoms with van der Waals surface area (Å²) in [4.78, 5) is 14.1. The summed E-state index contributed by atoms with van der Waals surface area (Å²) in [5, 5.41) is 4.37. The van der Waals surface area contributed by atoms with E-state index in [1.54, 1.807) is 0 Å². The molecule has 0 aromatic carbocycles. The third-order valence-corrected chi connectivity index (χ3v) is 3.19. The summed E-state index contributed by atoms with van der Waals surface area (Å²) >= 11 is 0. The van der Waals surface area contributed by atoms with Gasteiger partial charge in [-0.15, -0.1) is 0 Å². The van der Waals surface area contributed by atoms with Gasteiger partial charge >= 0.3 is 0 Å². The highest BCUT2D eigenvalue weighted by atomic mass is 16.2. The lowest BCUT2D eigenvalue weighted by Crippen LogP contribution is -2.34. The van der Waals surface area contributed by atoms with Crippen molar-refractivity contribution in [1.29, 1.82) is 0 Å². The average Bonchev–Trinajstić information content (AvgIpc) is 2.85. The van der Waals surface area contributed by atoms with Crippen LogP contribution in [0.5, 0.6) is 0 Å². The van der Waals surface area contributed by atoms with E-state index in [-0.39, 0.29) is 11.9 Å². The first-order valence-corrected chi connectivity index (χ1v) is 5.91. The Morgan fingerprint density at radius 2 is 2.00 bits per heavy atom. The number of likely N-dealkylation sites (tertiary alicyclic amines) is 1. The van der Waals surface area contributed by atoms with Crippen LogP contribution in [0.15, 0.2) is 6.07 Å². The van der Waals surface area contributed by atoms with Crippen LogP contribution in [-0.2, 0) is 4.79 Å². The maximum atomic E-state index is 12.2. The molecule has 1 aliphatic heterocycles. The highest BCUT2D eigenvalue weighted by Crippen LogP contribution is 2.17. The molecule has 0 N–H and O–H groups in total. The quantitative estimate of drug-likeness (QED) is 0.762. The Hall–Kier alpha value is -1.32. The topological polar surface area (TPSA) is 38.1 Å². The Morgan fingerprint density at radius 3 is 2.50 bits per heavy atom. The van der Waals surface area contributed by atoms with Crippen molar-refractivity contribution in [3.63, 3.8) is 0 Å². The number of amides is 1. The Labute approximate surface area is 96.2 Å². The highest BCUT2D eigenvalue weighted by molar-refractivity contribution is 5.80. The van der Waals surface area contributed by atoms with Crippen LogP contribution >= 0.6 is 0 Å². The number of aryl methyl sites for hydroxylation is 2. The van der Waals surface area contributed by atoms with E-state index in [1.165, 1.54) is 0 Å². The van der Waals surface area contributed by atoms with Crippen molar-refractivity contribution >= 4 is 5.91 Å². The molecule has 2 heterocycles. The fourth-order valence-electron chi connectivity index (χ4n) is 2.34. The second kappa shape index (κ2) is 4.28. The molecule has 2 rings (SSSR count). The van der Waals surface area contributed by atoms with E-state index in [4.69, 9.17) is 0 Å². The third-order valence-electron chi connectivity index (χ3n) is 3.19. The Balaban J connectivity index is 2.14. The highest BCUT2D eigenvalue weighted by Gasteiger charge is 2.25. The zero-order valence-corrected chi connectivity index (χ0v) is 10.2. The van der Waals surface area contributed by atoms with Gasteiger partial charge in [0.15, 0.2) is 0 Å². The molecule has 1 aromatic heterocycles. The molecule has 88 valence electrons. The predicted molar refractivity (Wildman–Crippen MR) is 62.2 cm³/mol. The fourth-order valence-corrected chi connectivity index (χ4v) is 2.34. The minimum atomic E-state index is -0.174. The van der Waals surface area contributed by atoms with E-state index in [9.17, 15) is 4.79 Å². The van der Waals surface area contributed by atoms with E-state index in [2.05, 4.69) is 5.10 Å². The minimum absolute atomic E-state index is 0.174. The van der Waals surface area contributed by atoms with Gasteiger partial charge in [-0.2, -0.15) is 5.10 Å². The zero-order valence-electron chi connectivity index (χ0n) is 10.2. The molecule has 1 aromatic rings. The molecule has 1 saturated heterocycles. The van der Waals surface area contributed by atoms with Crippen molar-refractivity contribution in [1.82, 2.24) is 14.7 Å². The van der Waals surface area contributed by atoms with Gasteiger partial charge < -0.3 is 4.90 Å². The van der Waals surface area contributed by atoms with Crippen molar-refractivity contribution < 1.29 is 4.79 Å². The Bertz CT molecular complexity index is 391. The van der Waals surface area contributed by atoms with Crippen LogP contribution in [0.25, 0.3) is 0 Å². The molecule has 0 bridgehead atoms. The van der Waals surface area contributed by atoms with Crippen LogP contribution in [-0.4, -0.2) is 33.7 Å². The summed E-state index contributed by atoms with van der Waals surface area (Å²) in [5.41, 5.74) is 2.02. The van der Waals surface area contributed by atoms with Crippen LogP contribution in [0.2, 0.25) is 0 Å².